The van der Waals surface area contributed by atoms with Gasteiger partial charge < -0.3 is 4.90 Å². The summed E-state index contributed by atoms with van der Waals surface area (Å²) in [6.07, 6.45) is -3.88. The number of carbonyl (C=O) groups excluding carboxylic acids is 1. The maximum Gasteiger partial charge on any atom is 0.417 e. The first-order chi connectivity index (χ1) is 14.5. The summed E-state index contributed by atoms with van der Waals surface area (Å²) in [6.45, 7) is 2.34. The molecule has 0 bridgehead atoms. The molecule has 12 heteroatoms. The van der Waals surface area contributed by atoms with Crippen LogP contribution in [0.1, 0.15) is 12.5 Å². The van der Waals surface area contributed by atoms with Gasteiger partial charge in [0.25, 0.3) is 0 Å². The van der Waals surface area contributed by atoms with Gasteiger partial charge in [0.1, 0.15) is 5.03 Å². The summed E-state index contributed by atoms with van der Waals surface area (Å²) >= 11 is 6.88. The van der Waals surface area contributed by atoms with Crippen molar-refractivity contribution in [2.24, 2.45) is 0 Å². The number of carbonyl (C=O) groups is 1. The molecule has 1 aromatic carbocycles. The van der Waals surface area contributed by atoms with E-state index in [0.717, 1.165) is 17.8 Å². The molecule has 0 radical (unpaired) electrons. The number of piperazine rings is 1. The lowest BCUT2D eigenvalue weighted by atomic mass is 10.3. The first-order valence-electron chi connectivity index (χ1n) is 9.23. The second-order valence-electron chi connectivity index (χ2n) is 6.81. The zero-order valence-electron chi connectivity index (χ0n) is 16.3. The molecule has 1 amide bonds. The van der Waals surface area contributed by atoms with E-state index in [1.807, 2.05) is 0 Å². The number of hydrogen-bond donors (Lipinski definition) is 0. The molecule has 6 nitrogen and oxygen atoms in total. The first kappa shape index (κ1) is 23.8. The Kier molecular flexibility index (Phi) is 7.19. The van der Waals surface area contributed by atoms with Crippen LogP contribution in [-0.4, -0.2) is 59.9 Å². The number of sulfonamides is 1. The van der Waals surface area contributed by atoms with Crippen LogP contribution in [0.4, 0.5) is 13.2 Å². The third kappa shape index (κ3) is 5.51. The number of hydrogen-bond acceptors (Lipinski definition) is 5. The molecule has 168 valence electrons. The fraction of sp³-hybridized carbons (Fsp3) is 0.368. The number of alkyl halides is 3. The fourth-order valence-electron chi connectivity index (χ4n) is 3.03. The Balaban J connectivity index is 1.61. The van der Waals surface area contributed by atoms with Gasteiger partial charge in [-0.25, -0.2) is 13.4 Å². The van der Waals surface area contributed by atoms with E-state index < -0.39 is 27.0 Å². The third-order valence-electron chi connectivity index (χ3n) is 4.70. The minimum absolute atomic E-state index is 0.126. The lowest BCUT2D eigenvalue weighted by molar-refractivity contribution is -0.138. The summed E-state index contributed by atoms with van der Waals surface area (Å²) in [5.41, 5.74) is -0.962. The first-order valence-corrected chi connectivity index (χ1v) is 11.9. The number of benzene rings is 1. The van der Waals surface area contributed by atoms with Crippen LogP contribution in [0.2, 0.25) is 5.02 Å². The highest BCUT2D eigenvalue weighted by Gasteiger charge is 2.33. The Morgan fingerprint density at radius 1 is 1.16 bits per heavy atom. The van der Waals surface area contributed by atoms with Crippen molar-refractivity contribution in [3.05, 3.63) is 53.2 Å². The van der Waals surface area contributed by atoms with Gasteiger partial charge in [-0.2, -0.15) is 17.5 Å². The molecule has 31 heavy (non-hydrogen) atoms. The summed E-state index contributed by atoms with van der Waals surface area (Å²) in [4.78, 5) is 18.2. The number of thioether (sulfide) groups is 1. The van der Waals surface area contributed by atoms with Crippen LogP contribution in [0.5, 0.6) is 0 Å². The summed E-state index contributed by atoms with van der Waals surface area (Å²) in [5.74, 6) is -0.264. The summed E-state index contributed by atoms with van der Waals surface area (Å²) in [7, 11) is -3.63. The van der Waals surface area contributed by atoms with Crippen LogP contribution in [0, 0.1) is 0 Å². The normalized spacial score (nSPS) is 16.9. The van der Waals surface area contributed by atoms with Gasteiger partial charge in [0.05, 0.1) is 20.7 Å². The van der Waals surface area contributed by atoms with Crippen LogP contribution in [0.3, 0.4) is 0 Å². The summed E-state index contributed by atoms with van der Waals surface area (Å²) < 4.78 is 64.9. The number of nitrogens with zero attached hydrogens (tertiary/aromatic N) is 3. The number of aromatic nitrogens is 1. The second-order valence-corrected chi connectivity index (χ2v) is 10.5. The third-order valence-corrected chi connectivity index (χ3v) is 8.12. The van der Waals surface area contributed by atoms with Crippen molar-refractivity contribution < 1.29 is 26.4 Å². The van der Waals surface area contributed by atoms with Crippen LogP contribution in [-0.2, 0) is 21.0 Å². The smallest absolute Gasteiger partial charge is 0.339 e. The molecule has 0 spiro atoms. The van der Waals surface area contributed by atoms with E-state index in [0.29, 0.717) is 6.20 Å². The molecule has 1 fully saturated rings. The van der Waals surface area contributed by atoms with E-state index >= 15 is 0 Å². The Labute approximate surface area is 187 Å². The van der Waals surface area contributed by atoms with E-state index in [9.17, 15) is 26.4 Å². The number of pyridine rings is 1. The van der Waals surface area contributed by atoms with Crippen LogP contribution < -0.4 is 0 Å². The molecule has 1 aliphatic heterocycles. The van der Waals surface area contributed by atoms with Crippen molar-refractivity contribution in [2.45, 2.75) is 28.3 Å². The largest absolute Gasteiger partial charge is 0.417 e. The van der Waals surface area contributed by atoms with Gasteiger partial charge in [-0.15, -0.1) is 0 Å². The lowest BCUT2D eigenvalue weighted by Gasteiger charge is -2.35. The molecule has 1 aromatic heterocycles. The highest BCUT2D eigenvalue weighted by Crippen LogP contribution is 2.35. The molecule has 2 aromatic rings. The summed E-state index contributed by atoms with van der Waals surface area (Å²) in [6, 6.07) is 8.84. The SMILES string of the molecule is CC(Sc1ncc(C(F)(F)F)cc1Cl)C(=O)N1CCN(S(=O)(=O)c2ccccc2)CC1. The second kappa shape index (κ2) is 9.35. The predicted molar refractivity (Wildman–Crippen MR) is 111 cm³/mol. The fourth-order valence-corrected chi connectivity index (χ4v) is 5.65. The maximum atomic E-state index is 12.8. The quantitative estimate of drug-likeness (QED) is 0.593. The van der Waals surface area contributed by atoms with Crippen molar-refractivity contribution in [2.75, 3.05) is 26.2 Å². The van der Waals surface area contributed by atoms with E-state index in [4.69, 9.17) is 11.6 Å². The van der Waals surface area contributed by atoms with Gasteiger partial charge in [-0.1, -0.05) is 41.6 Å². The molecule has 0 N–H and O–H groups in total. The zero-order chi connectivity index (χ0) is 22.8. The maximum absolute atomic E-state index is 12.8. The average molecular weight is 494 g/mol. The minimum atomic E-state index is -4.55. The van der Waals surface area contributed by atoms with Crippen LogP contribution in [0.25, 0.3) is 0 Å². The number of rotatable bonds is 5. The van der Waals surface area contributed by atoms with Crippen molar-refractivity contribution in [1.29, 1.82) is 0 Å². The van der Waals surface area contributed by atoms with E-state index in [2.05, 4.69) is 4.98 Å². The molecule has 1 saturated heterocycles. The molecule has 1 aliphatic rings. The Bertz CT molecular complexity index is 1040. The van der Waals surface area contributed by atoms with Gasteiger partial charge in [-0.05, 0) is 25.1 Å². The van der Waals surface area contributed by atoms with Crippen molar-refractivity contribution in [3.63, 3.8) is 0 Å². The molecular formula is C19H19ClF3N3O3S2. The van der Waals surface area contributed by atoms with Crippen LogP contribution >= 0.6 is 23.4 Å². The number of halogens is 4. The van der Waals surface area contributed by atoms with Gasteiger partial charge in [0.15, 0.2) is 0 Å². The molecule has 2 heterocycles. The van der Waals surface area contributed by atoms with E-state index in [-0.39, 0.29) is 47.0 Å². The topological polar surface area (TPSA) is 70.6 Å². The lowest BCUT2D eigenvalue weighted by Crippen LogP contribution is -2.52. The average Bonchev–Trinajstić information content (AvgIpc) is 2.74. The standard InChI is InChI=1S/C19H19ClF3N3O3S2/c1-13(30-17-16(20)11-14(12-24-17)19(21,22)23)18(27)25-7-9-26(10-8-25)31(28,29)15-5-3-2-4-6-15/h2-6,11-13H,7-10H2,1H3. The zero-order valence-corrected chi connectivity index (χ0v) is 18.7. The van der Waals surface area contributed by atoms with Gasteiger partial charge >= 0.3 is 6.18 Å². The van der Waals surface area contributed by atoms with E-state index in [1.165, 1.54) is 21.3 Å². The van der Waals surface area contributed by atoms with Crippen molar-refractivity contribution >= 4 is 39.3 Å². The Morgan fingerprint density at radius 3 is 2.32 bits per heavy atom. The molecule has 1 unspecified atom stereocenters. The van der Waals surface area contributed by atoms with Crippen LogP contribution in [0.15, 0.2) is 52.5 Å². The Morgan fingerprint density at radius 2 is 1.77 bits per heavy atom. The molecule has 0 saturated carbocycles. The minimum Gasteiger partial charge on any atom is -0.339 e. The highest BCUT2D eigenvalue weighted by molar-refractivity contribution is 8.00. The van der Waals surface area contributed by atoms with Crippen molar-refractivity contribution in [1.82, 2.24) is 14.2 Å². The molecule has 0 aliphatic carbocycles. The van der Waals surface area contributed by atoms with Gasteiger partial charge in [0.2, 0.25) is 15.9 Å². The van der Waals surface area contributed by atoms with Crippen molar-refractivity contribution in [3.8, 4) is 0 Å². The molecule has 1 atom stereocenters. The Hall–Kier alpha value is -1.82. The van der Waals surface area contributed by atoms with E-state index in [1.54, 1.807) is 25.1 Å². The monoisotopic (exact) mass is 493 g/mol. The number of amides is 1. The predicted octanol–water partition coefficient (Wildman–Crippen LogP) is 3.77. The molecule has 3 rings (SSSR count). The van der Waals surface area contributed by atoms with Gasteiger partial charge in [0, 0.05) is 32.4 Å². The highest BCUT2D eigenvalue weighted by atomic mass is 35.5. The van der Waals surface area contributed by atoms with Gasteiger partial charge in [-0.3, -0.25) is 4.79 Å². The molecular weight excluding hydrogens is 475 g/mol. The summed E-state index contributed by atoms with van der Waals surface area (Å²) in [5, 5.41) is -0.710.